The van der Waals surface area contributed by atoms with Gasteiger partial charge in [0.1, 0.15) is 0 Å². The fraction of sp³-hybridized carbons (Fsp3) is 0.269. The topological polar surface area (TPSA) is 43.8 Å². The first-order valence-corrected chi connectivity index (χ1v) is 10.5. The molecular formula is C26H29N3. The van der Waals surface area contributed by atoms with Gasteiger partial charge < -0.3 is 5.73 Å². The molecule has 3 nitrogen and oxygen atoms in total. The Hall–Kier alpha value is -3.07. The van der Waals surface area contributed by atoms with Gasteiger partial charge in [-0.3, -0.25) is 4.68 Å². The summed E-state index contributed by atoms with van der Waals surface area (Å²) in [7, 11) is 0. The van der Waals surface area contributed by atoms with Crippen molar-refractivity contribution in [2.24, 2.45) is 0 Å². The minimum absolute atomic E-state index is 0.326. The minimum Gasteiger partial charge on any atom is -0.399 e. The number of hydrogen-bond donors (Lipinski definition) is 1. The SMILES string of the molecule is CCc1ccccc1CCc1nn(C(C)C)c2ccc(-c3cccc(N)c3)cc12. The molecule has 148 valence electrons. The molecule has 1 heterocycles. The number of benzene rings is 3. The zero-order valence-corrected chi connectivity index (χ0v) is 17.5. The second-order valence-corrected chi connectivity index (χ2v) is 7.96. The van der Waals surface area contributed by atoms with Crippen molar-refractivity contribution in [3.8, 4) is 11.1 Å². The number of anilines is 1. The van der Waals surface area contributed by atoms with E-state index in [1.54, 1.807) is 0 Å². The summed E-state index contributed by atoms with van der Waals surface area (Å²) in [5, 5.41) is 6.25. The molecule has 0 radical (unpaired) electrons. The number of rotatable bonds is 6. The van der Waals surface area contributed by atoms with Crippen LogP contribution in [0.15, 0.2) is 66.7 Å². The van der Waals surface area contributed by atoms with E-state index in [1.165, 1.54) is 33.3 Å². The second-order valence-electron chi connectivity index (χ2n) is 7.96. The molecule has 2 N–H and O–H groups in total. The van der Waals surface area contributed by atoms with E-state index in [-0.39, 0.29) is 0 Å². The molecule has 0 saturated carbocycles. The summed E-state index contributed by atoms with van der Waals surface area (Å²) in [5.41, 5.74) is 14.4. The number of fused-ring (bicyclic) bond motifs is 1. The van der Waals surface area contributed by atoms with Gasteiger partial charge >= 0.3 is 0 Å². The smallest absolute Gasteiger partial charge is 0.0707 e. The van der Waals surface area contributed by atoms with Crippen LogP contribution < -0.4 is 5.73 Å². The molecule has 0 unspecified atom stereocenters. The third-order valence-corrected chi connectivity index (χ3v) is 5.62. The largest absolute Gasteiger partial charge is 0.399 e. The van der Waals surface area contributed by atoms with Crippen molar-refractivity contribution in [2.75, 3.05) is 5.73 Å². The molecule has 29 heavy (non-hydrogen) atoms. The Balaban J connectivity index is 1.74. The molecule has 0 bridgehead atoms. The summed E-state index contributed by atoms with van der Waals surface area (Å²) in [5.74, 6) is 0. The summed E-state index contributed by atoms with van der Waals surface area (Å²) >= 11 is 0. The maximum absolute atomic E-state index is 6.01. The lowest BCUT2D eigenvalue weighted by Gasteiger charge is -2.08. The van der Waals surface area contributed by atoms with Crippen molar-refractivity contribution < 1.29 is 0 Å². The van der Waals surface area contributed by atoms with Gasteiger partial charge in [0.15, 0.2) is 0 Å². The average molecular weight is 384 g/mol. The van der Waals surface area contributed by atoms with Crippen molar-refractivity contribution in [1.82, 2.24) is 9.78 Å². The highest BCUT2D eigenvalue weighted by Crippen LogP contribution is 2.30. The molecule has 0 atom stereocenters. The quantitative estimate of drug-likeness (QED) is 0.402. The summed E-state index contributed by atoms with van der Waals surface area (Å²) in [6.07, 6.45) is 3.02. The van der Waals surface area contributed by atoms with E-state index in [9.17, 15) is 0 Å². The van der Waals surface area contributed by atoms with Gasteiger partial charge in [0.25, 0.3) is 0 Å². The molecule has 0 spiro atoms. The molecule has 3 aromatic carbocycles. The molecule has 0 amide bonds. The maximum Gasteiger partial charge on any atom is 0.0707 e. The van der Waals surface area contributed by atoms with Gasteiger partial charge in [0.2, 0.25) is 0 Å². The van der Waals surface area contributed by atoms with Gasteiger partial charge in [0, 0.05) is 17.1 Å². The van der Waals surface area contributed by atoms with Gasteiger partial charge in [-0.05, 0) is 79.6 Å². The molecule has 1 aromatic heterocycles. The zero-order chi connectivity index (χ0) is 20.4. The average Bonchev–Trinajstić information content (AvgIpc) is 3.10. The van der Waals surface area contributed by atoms with Crippen LogP contribution >= 0.6 is 0 Å². The van der Waals surface area contributed by atoms with Crippen molar-refractivity contribution in [1.29, 1.82) is 0 Å². The Bertz CT molecular complexity index is 1140. The third-order valence-electron chi connectivity index (χ3n) is 5.62. The maximum atomic E-state index is 6.01. The van der Waals surface area contributed by atoms with Gasteiger partial charge in [-0.1, -0.05) is 49.4 Å². The van der Waals surface area contributed by atoms with E-state index < -0.39 is 0 Å². The Morgan fingerprint density at radius 2 is 1.62 bits per heavy atom. The summed E-state index contributed by atoms with van der Waals surface area (Å²) in [4.78, 5) is 0. The van der Waals surface area contributed by atoms with E-state index in [2.05, 4.69) is 74.0 Å². The second kappa shape index (κ2) is 8.12. The molecule has 0 aliphatic heterocycles. The summed E-state index contributed by atoms with van der Waals surface area (Å²) < 4.78 is 2.15. The van der Waals surface area contributed by atoms with Crippen LogP contribution in [-0.2, 0) is 19.3 Å². The van der Waals surface area contributed by atoms with Crippen LogP contribution in [0.2, 0.25) is 0 Å². The summed E-state index contributed by atoms with van der Waals surface area (Å²) in [6.45, 7) is 6.60. The Morgan fingerprint density at radius 1 is 0.862 bits per heavy atom. The number of hydrogen-bond acceptors (Lipinski definition) is 2. The monoisotopic (exact) mass is 383 g/mol. The fourth-order valence-corrected chi connectivity index (χ4v) is 4.08. The first-order valence-electron chi connectivity index (χ1n) is 10.5. The predicted molar refractivity (Wildman–Crippen MR) is 123 cm³/mol. The van der Waals surface area contributed by atoms with Crippen molar-refractivity contribution in [3.05, 3.63) is 83.6 Å². The molecule has 4 rings (SSSR count). The van der Waals surface area contributed by atoms with E-state index in [1.807, 2.05) is 18.2 Å². The van der Waals surface area contributed by atoms with Crippen LogP contribution in [0.25, 0.3) is 22.0 Å². The third kappa shape index (κ3) is 3.91. The highest BCUT2D eigenvalue weighted by atomic mass is 15.3. The van der Waals surface area contributed by atoms with Crippen LogP contribution in [0.4, 0.5) is 5.69 Å². The Kier molecular flexibility index (Phi) is 5.39. The lowest BCUT2D eigenvalue weighted by Crippen LogP contribution is -2.03. The minimum atomic E-state index is 0.326. The summed E-state index contributed by atoms with van der Waals surface area (Å²) in [6, 6.07) is 23.8. The number of aromatic nitrogens is 2. The molecule has 3 heteroatoms. The molecule has 0 aliphatic rings. The highest BCUT2D eigenvalue weighted by Gasteiger charge is 2.14. The van der Waals surface area contributed by atoms with Crippen LogP contribution in [0, 0.1) is 0 Å². The number of aryl methyl sites for hydroxylation is 3. The van der Waals surface area contributed by atoms with Gasteiger partial charge in [-0.15, -0.1) is 0 Å². The fourth-order valence-electron chi connectivity index (χ4n) is 4.08. The predicted octanol–water partition coefficient (Wildman–Crippen LogP) is 6.21. The van der Waals surface area contributed by atoms with Crippen LogP contribution in [0.5, 0.6) is 0 Å². The Labute approximate surface area is 173 Å². The highest BCUT2D eigenvalue weighted by molar-refractivity contribution is 5.87. The van der Waals surface area contributed by atoms with E-state index in [4.69, 9.17) is 10.8 Å². The van der Waals surface area contributed by atoms with Crippen molar-refractivity contribution >= 4 is 16.6 Å². The molecule has 0 saturated heterocycles. The van der Waals surface area contributed by atoms with Crippen molar-refractivity contribution in [2.45, 2.75) is 46.1 Å². The van der Waals surface area contributed by atoms with Gasteiger partial charge in [-0.2, -0.15) is 5.10 Å². The number of nitrogen functional groups attached to an aromatic ring is 1. The van der Waals surface area contributed by atoms with Gasteiger partial charge in [-0.25, -0.2) is 0 Å². The lowest BCUT2D eigenvalue weighted by molar-refractivity contribution is 0.543. The standard InChI is InChI=1S/C26H29N3/c1-4-19-8-5-6-9-20(19)12-14-25-24-17-22(21-10-7-11-23(27)16-21)13-15-26(24)29(28-25)18(2)3/h5-11,13,15-18H,4,12,14,27H2,1-3H3. The van der Waals surface area contributed by atoms with Crippen molar-refractivity contribution in [3.63, 3.8) is 0 Å². The lowest BCUT2D eigenvalue weighted by atomic mass is 9.98. The first kappa shape index (κ1) is 19.3. The zero-order valence-electron chi connectivity index (χ0n) is 17.5. The molecule has 4 aromatic rings. The van der Waals surface area contributed by atoms with Gasteiger partial charge in [0.05, 0.1) is 11.2 Å². The molecule has 0 fully saturated rings. The first-order chi connectivity index (χ1) is 14.1. The van der Waals surface area contributed by atoms with E-state index >= 15 is 0 Å². The number of nitrogens with two attached hydrogens (primary N) is 1. The van der Waals surface area contributed by atoms with E-state index in [0.29, 0.717) is 6.04 Å². The molecule has 0 aliphatic carbocycles. The normalized spacial score (nSPS) is 11.4. The van der Waals surface area contributed by atoms with Crippen LogP contribution in [0.3, 0.4) is 0 Å². The Morgan fingerprint density at radius 3 is 2.34 bits per heavy atom. The number of nitrogens with zero attached hydrogens (tertiary/aromatic N) is 2. The van der Waals surface area contributed by atoms with Crippen LogP contribution in [-0.4, -0.2) is 9.78 Å². The van der Waals surface area contributed by atoms with E-state index in [0.717, 1.165) is 30.5 Å². The van der Waals surface area contributed by atoms with Crippen LogP contribution in [0.1, 0.15) is 43.6 Å². The molecular weight excluding hydrogens is 354 g/mol.